The zero-order valence-electron chi connectivity index (χ0n) is 15.5. The lowest BCUT2D eigenvalue weighted by atomic mass is 10.0. The van der Waals surface area contributed by atoms with Crippen LogP contribution in [0.4, 0.5) is 8.78 Å². The molecule has 8 nitrogen and oxygen atoms in total. The van der Waals surface area contributed by atoms with Crippen molar-refractivity contribution in [1.29, 1.82) is 0 Å². The van der Waals surface area contributed by atoms with Crippen LogP contribution in [-0.4, -0.2) is 64.5 Å². The summed E-state index contributed by atoms with van der Waals surface area (Å²) in [6.45, 7) is 0.124. The molecule has 0 aromatic heterocycles. The van der Waals surface area contributed by atoms with Gasteiger partial charge >= 0.3 is 0 Å². The van der Waals surface area contributed by atoms with Crippen molar-refractivity contribution in [2.75, 3.05) is 13.1 Å². The van der Waals surface area contributed by atoms with Gasteiger partial charge in [0, 0.05) is 19.5 Å². The monoisotopic (exact) mass is 406 g/mol. The summed E-state index contributed by atoms with van der Waals surface area (Å²) < 4.78 is 27.7. The number of carbonyl (C=O) groups is 4. The quantitative estimate of drug-likeness (QED) is 0.696. The largest absolute Gasteiger partial charge is 0.323 e. The Morgan fingerprint density at radius 2 is 1.83 bits per heavy atom. The second-order valence-electron chi connectivity index (χ2n) is 7.69. The summed E-state index contributed by atoms with van der Waals surface area (Å²) in [7, 11) is 0. The van der Waals surface area contributed by atoms with Gasteiger partial charge in [0.2, 0.25) is 11.8 Å². The van der Waals surface area contributed by atoms with Gasteiger partial charge in [-0.05, 0) is 30.5 Å². The molecule has 0 radical (unpaired) electrons. The fourth-order valence-electron chi connectivity index (χ4n) is 4.04. The molecule has 2 fully saturated rings. The molecule has 154 valence electrons. The molecule has 2 atom stereocenters. The SMILES string of the molecule is NC1CCN(Cc2ccc3c(c2)C(=O)N(C2CCC(=O)NC2=O)C3=O)CC1(F)F. The smallest absolute Gasteiger partial charge is 0.275 e. The minimum atomic E-state index is -2.98. The molecule has 1 aromatic rings. The van der Waals surface area contributed by atoms with Crippen molar-refractivity contribution in [3.8, 4) is 0 Å². The van der Waals surface area contributed by atoms with Crippen LogP contribution in [-0.2, 0) is 16.1 Å². The average molecular weight is 406 g/mol. The molecule has 2 saturated heterocycles. The van der Waals surface area contributed by atoms with E-state index in [1.807, 2.05) is 0 Å². The maximum Gasteiger partial charge on any atom is 0.275 e. The summed E-state index contributed by atoms with van der Waals surface area (Å²) in [5.74, 6) is -5.32. The van der Waals surface area contributed by atoms with E-state index >= 15 is 0 Å². The first-order valence-corrected chi connectivity index (χ1v) is 9.37. The first-order chi connectivity index (χ1) is 13.7. The second-order valence-corrected chi connectivity index (χ2v) is 7.69. The Kier molecular flexibility index (Phi) is 4.70. The third-order valence-corrected chi connectivity index (χ3v) is 5.64. The molecule has 3 aliphatic heterocycles. The highest BCUT2D eigenvalue weighted by Crippen LogP contribution is 2.30. The number of nitrogens with two attached hydrogens (primary N) is 1. The predicted octanol–water partition coefficient (Wildman–Crippen LogP) is 0.256. The molecule has 29 heavy (non-hydrogen) atoms. The van der Waals surface area contributed by atoms with E-state index in [0.29, 0.717) is 12.1 Å². The van der Waals surface area contributed by atoms with E-state index in [1.165, 1.54) is 12.1 Å². The molecule has 3 aliphatic rings. The number of nitrogens with one attached hydrogen (secondary N) is 1. The number of alkyl halides is 2. The first kappa shape index (κ1) is 19.6. The van der Waals surface area contributed by atoms with E-state index in [0.717, 1.165) is 4.90 Å². The van der Waals surface area contributed by atoms with E-state index < -0.39 is 48.2 Å². The Morgan fingerprint density at radius 1 is 1.10 bits per heavy atom. The normalized spacial score (nSPS) is 27.2. The highest BCUT2D eigenvalue weighted by atomic mass is 19.3. The number of rotatable bonds is 3. The fourth-order valence-corrected chi connectivity index (χ4v) is 4.04. The molecule has 3 heterocycles. The van der Waals surface area contributed by atoms with Gasteiger partial charge in [-0.3, -0.25) is 34.3 Å². The van der Waals surface area contributed by atoms with Crippen LogP contribution >= 0.6 is 0 Å². The third-order valence-electron chi connectivity index (χ3n) is 5.64. The van der Waals surface area contributed by atoms with Crippen molar-refractivity contribution >= 4 is 23.6 Å². The first-order valence-electron chi connectivity index (χ1n) is 9.37. The Bertz CT molecular complexity index is 919. The van der Waals surface area contributed by atoms with Crippen LogP contribution in [0, 0.1) is 0 Å². The number of fused-ring (bicyclic) bond motifs is 1. The number of nitrogens with zero attached hydrogens (tertiary/aromatic N) is 2. The van der Waals surface area contributed by atoms with Gasteiger partial charge in [0.1, 0.15) is 6.04 Å². The topological polar surface area (TPSA) is 113 Å². The number of halogens is 2. The van der Waals surface area contributed by atoms with Crippen molar-refractivity contribution in [2.45, 2.75) is 43.8 Å². The highest BCUT2D eigenvalue weighted by molar-refractivity contribution is 6.23. The van der Waals surface area contributed by atoms with E-state index in [9.17, 15) is 28.0 Å². The molecule has 4 amide bonds. The van der Waals surface area contributed by atoms with Gasteiger partial charge in [-0.1, -0.05) is 6.07 Å². The van der Waals surface area contributed by atoms with Crippen molar-refractivity contribution in [3.05, 3.63) is 34.9 Å². The molecule has 3 N–H and O–H groups in total. The minimum absolute atomic E-state index is 0.0420. The number of benzene rings is 1. The number of amides is 4. The Hall–Kier alpha value is -2.72. The van der Waals surface area contributed by atoms with Crippen molar-refractivity contribution < 1.29 is 28.0 Å². The second kappa shape index (κ2) is 6.96. The highest BCUT2D eigenvalue weighted by Gasteiger charge is 2.45. The molecular weight excluding hydrogens is 386 g/mol. The van der Waals surface area contributed by atoms with Crippen LogP contribution in [0.3, 0.4) is 0 Å². The summed E-state index contributed by atoms with van der Waals surface area (Å²) in [6.07, 6.45) is 0.283. The van der Waals surface area contributed by atoms with E-state index in [1.54, 1.807) is 11.0 Å². The number of carbonyl (C=O) groups excluding carboxylic acids is 4. The van der Waals surface area contributed by atoms with E-state index in [4.69, 9.17) is 5.73 Å². The fraction of sp³-hybridized carbons (Fsp3) is 0.474. The molecule has 0 saturated carbocycles. The Balaban J connectivity index is 1.53. The molecule has 0 bridgehead atoms. The zero-order valence-corrected chi connectivity index (χ0v) is 15.5. The molecule has 2 unspecified atom stereocenters. The van der Waals surface area contributed by atoms with Gasteiger partial charge in [-0.2, -0.15) is 0 Å². The van der Waals surface area contributed by atoms with Crippen LogP contribution < -0.4 is 11.1 Å². The predicted molar refractivity (Wildman–Crippen MR) is 95.9 cm³/mol. The standard InChI is InChI=1S/C19H20F2N4O4/c20-19(21)9-24(6-5-14(19)22)8-10-1-2-11-12(7-10)18(29)25(17(11)28)13-3-4-15(26)23-16(13)27/h1-2,7,13-14H,3-6,8-9,22H2,(H,23,26,27). The Labute approximate surface area is 165 Å². The summed E-state index contributed by atoms with van der Waals surface area (Å²) in [4.78, 5) is 51.3. The van der Waals surface area contributed by atoms with Crippen LogP contribution in [0.5, 0.6) is 0 Å². The summed E-state index contributed by atoms with van der Waals surface area (Å²) in [6, 6.07) is 2.40. The van der Waals surface area contributed by atoms with Crippen molar-refractivity contribution in [2.24, 2.45) is 5.73 Å². The Morgan fingerprint density at radius 3 is 2.52 bits per heavy atom. The average Bonchev–Trinajstić information content (AvgIpc) is 2.89. The van der Waals surface area contributed by atoms with Gasteiger partial charge in [-0.25, -0.2) is 8.78 Å². The summed E-state index contributed by atoms with van der Waals surface area (Å²) in [5, 5.41) is 2.14. The molecule has 10 heteroatoms. The number of hydrogen-bond donors (Lipinski definition) is 2. The zero-order chi connectivity index (χ0) is 20.9. The van der Waals surface area contributed by atoms with Crippen LogP contribution in [0.25, 0.3) is 0 Å². The van der Waals surface area contributed by atoms with Gasteiger partial charge in [-0.15, -0.1) is 0 Å². The van der Waals surface area contributed by atoms with E-state index in [2.05, 4.69) is 5.32 Å². The molecular formula is C19H20F2N4O4. The number of hydrogen-bond acceptors (Lipinski definition) is 6. The number of likely N-dealkylation sites (tertiary alicyclic amines) is 1. The lowest BCUT2D eigenvalue weighted by molar-refractivity contribution is -0.136. The third kappa shape index (κ3) is 3.42. The number of imide groups is 2. The van der Waals surface area contributed by atoms with Gasteiger partial charge in [0.25, 0.3) is 17.7 Å². The van der Waals surface area contributed by atoms with Gasteiger partial charge < -0.3 is 5.73 Å². The minimum Gasteiger partial charge on any atom is -0.323 e. The summed E-state index contributed by atoms with van der Waals surface area (Å²) >= 11 is 0. The van der Waals surface area contributed by atoms with Crippen LogP contribution in [0.2, 0.25) is 0 Å². The molecule has 0 spiro atoms. The van der Waals surface area contributed by atoms with Gasteiger partial charge in [0.05, 0.1) is 23.7 Å². The van der Waals surface area contributed by atoms with Crippen LogP contribution in [0.15, 0.2) is 18.2 Å². The van der Waals surface area contributed by atoms with Crippen molar-refractivity contribution in [3.63, 3.8) is 0 Å². The lowest BCUT2D eigenvalue weighted by Crippen LogP contribution is -2.54. The molecule has 4 rings (SSSR count). The number of piperidine rings is 2. The molecule has 0 aliphatic carbocycles. The maximum atomic E-state index is 13.9. The van der Waals surface area contributed by atoms with E-state index in [-0.39, 0.29) is 36.9 Å². The maximum absolute atomic E-state index is 13.9. The van der Waals surface area contributed by atoms with Crippen LogP contribution in [0.1, 0.15) is 45.5 Å². The summed E-state index contributed by atoms with van der Waals surface area (Å²) in [5.41, 5.74) is 6.37. The van der Waals surface area contributed by atoms with Crippen molar-refractivity contribution in [1.82, 2.24) is 15.1 Å². The lowest BCUT2D eigenvalue weighted by Gasteiger charge is -2.36. The molecule has 1 aromatic carbocycles. The van der Waals surface area contributed by atoms with Gasteiger partial charge in [0.15, 0.2) is 0 Å².